The molecule has 0 radical (unpaired) electrons. The summed E-state index contributed by atoms with van der Waals surface area (Å²) in [6.07, 6.45) is -4.67. The molecule has 7 heteroatoms. The van der Waals surface area contributed by atoms with Crippen molar-refractivity contribution in [2.75, 3.05) is 12.9 Å². The van der Waals surface area contributed by atoms with Crippen molar-refractivity contribution < 1.29 is 27.4 Å². The van der Waals surface area contributed by atoms with Crippen molar-refractivity contribution >= 4 is 17.7 Å². The van der Waals surface area contributed by atoms with Crippen LogP contribution >= 0.6 is 11.8 Å². The average molecular weight is 308 g/mol. The van der Waals surface area contributed by atoms with Crippen LogP contribution in [0.4, 0.5) is 13.2 Å². The van der Waals surface area contributed by atoms with Crippen molar-refractivity contribution in [1.82, 2.24) is 0 Å². The SMILES string of the molecule is COC(=O)C(C)CSCc1ccc(OC(F)(F)F)cc1. The minimum atomic E-state index is -4.67. The molecule has 0 saturated heterocycles. The van der Waals surface area contributed by atoms with Crippen LogP contribution in [-0.2, 0) is 15.3 Å². The summed E-state index contributed by atoms with van der Waals surface area (Å²) >= 11 is 1.51. The molecule has 0 N–H and O–H groups in total. The number of hydrogen-bond acceptors (Lipinski definition) is 4. The van der Waals surface area contributed by atoms with Gasteiger partial charge in [0.25, 0.3) is 0 Å². The Morgan fingerprint density at radius 1 is 1.30 bits per heavy atom. The summed E-state index contributed by atoms with van der Waals surface area (Å²) < 4.78 is 44.3. The Bertz CT molecular complexity index is 431. The highest BCUT2D eigenvalue weighted by Crippen LogP contribution is 2.24. The molecular formula is C13H15F3O3S. The van der Waals surface area contributed by atoms with Gasteiger partial charge in [-0.3, -0.25) is 4.79 Å². The van der Waals surface area contributed by atoms with Gasteiger partial charge >= 0.3 is 12.3 Å². The number of esters is 1. The number of thioether (sulfide) groups is 1. The lowest BCUT2D eigenvalue weighted by atomic mass is 10.2. The normalized spacial score (nSPS) is 12.8. The molecule has 0 amide bonds. The van der Waals surface area contributed by atoms with Crippen molar-refractivity contribution in [1.29, 1.82) is 0 Å². The molecule has 0 aliphatic carbocycles. The molecule has 0 fully saturated rings. The maximum Gasteiger partial charge on any atom is 0.573 e. The molecule has 20 heavy (non-hydrogen) atoms. The fourth-order valence-corrected chi connectivity index (χ4v) is 2.45. The van der Waals surface area contributed by atoms with E-state index < -0.39 is 6.36 Å². The van der Waals surface area contributed by atoms with Crippen molar-refractivity contribution in [2.24, 2.45) is 5.92 Å². The van der Waals surface area contributed by atoms with Crippen LogP contribution in [0.15, 0.2) is 24.3 Å². The Kier molecular flexibility index (Phi) is 6.19. The fourth-order valence-electron chi connectivity index (χ4n) is 1.41. The molecule has 0 aromatic heterocycles. The third-order valence-electron chi connectivity index (χ3n) is 2.40. The van der Waals surface area contributed by atoms with Crippen LogP contribution in [-0.4, -0.2) is 25.2 Å². The maximum atomic E-state index is 12.0. The third-order valence-corrected chi connectivity index (χ3v) is 3.67. The van der Waals surface area contributed by atoms with Gasteiger partial charge < -0.3 is 9.47 Å². The van der Waals surface area contributed by atoms with Crippen molar-refractivity contribution in [3.8, 4) is 5.75 Å². The Hall–Kier alpha value is -1.37. The summed E-state index contributed by atoms with van der Waals surface area (Å²) in [4.78, 5) is 11.2. The number of benzene rings is 1. The Morgan fingerprint density at radius 3 is 2.40 bits per heavy atom. The molecule has 112 valence electrons. The second-order valence-electron chi connectivity index (χ2n) is 4.13. The predicted octanol–water partition coefficient (Wildman–Crippen LogP) is 3.63. The van der Waals surface area contributed by atoms with E-state index in [0.29, 0.717) is 11.5 Å². The first-order chi connectivity index (χ1) is 9.31. The van der Waals surface area contributed by atoms with E-state index in [1.807, 2.05) is 0 Å². The fraction of sp³-hybridized carbons (Fsp3) is 0.462. The molecule has 1 aromatic carbocycles. The van der Waals surface area contributed by atoms with E-state index in [2.05, 4.69) is 9.47 Å². The van der Waals surface area contributed by atoms with E-state index >= 15 is 0 Å². The summed E-state index contributed by atoms with van der Waals surface area (Å²) in [6.45, 7) is 1.76. The first kappa shape index (κ1) is 16.7. The van der Waals surface area contributed by atoms with Gasteiger partial charge in [0, 0.05) is 11.5 Å². The van der Waals surface area contributed by atoms with Gasteiger partial charge in [-0.1, -0.05) is 19.1 Å². The van der Waals surface area contributed by atoms with Gasteiger partial charge in [0.15, 0.2) is 0 Å². The number of carbonyl (C=O) groups excluding carboxylic acids is 1. The third kappa shape index (κ3) is 6.18. The second-order valence-corrected chi connectivity index (χ2v) is 5.16. The Morgan fingerprint density at radius 2 is 1.90 bits per heavy atom. The molecule has 1 rings (SSSR count). The van der Waals surface area contributed by atoms with Gasteiger partial charge in [-0.25, -0.2) is 0 Å². The van der Waals surface area contributed by atoms with Crippen LogP contribution in [0.1, 0.15) is 12.5 Å². The molecule has 0 aliphatic heterocycles. The van der Waals surface area contributed by atoms with E-state index in [0.717, 1.165) is 5.56 Å². The first-order valence-corrected chi connectivity index (χ1v) is 6.97. The molecule has 1 unspecified atom stereocenters. The van der Waals surface area contributed by atoms with Crippen LogP contribution in [0.5, 0.6) is 5.75 Å². The molecule has 1 atom stereocenters. The summed E-state index contributed by atoms with van der Waals surface area (Å²) in [7, 11) is 1.34. The van der Waals surface area contributed by atoms with Crippen LogP contribution in [0.2, 0.25) is 0 Å². The monoisotopic (exact) mass is 308 g/mol. The number of carbonyl (C=O) groups is 1. The van der Waals surface area contributed by atoms with E-state index in [1.165, 1.54) is 31.0 Å². The zero-order valence-corrected chi connectivity index (χ0v) is 11.9. The molecule has 0 spiro atoms. The van der Waals surface area contributed by atoms with Crippen LogP contribution < -0.4 is 4.74 Å². The van der Waals surface area contributed by atoms with Gasteiger partial charge in [0.2, 0.25) is 0 Å². The number of hydrogen-bond donors (Lipinski definition) is 0. The van der Waals surface area contributed by atoms with E-state index in [9.17, 15) is 18.0 Å². The van der Waals surface area contributed by atoms with Crippen molar-refractivity contribution in [2.45, 2.75) is 19.0 Å². The number of halogens is 3. The van der Waals surface area contributed by atoms with E-state index in [4.69, 9.17) is 0 Å². The predicted molar refractivity (Wildman–Crippen MR) is 70.5 cm³/mol. The van der Waals surface area contributed by atoms with Gasteiger partial charge in [-0.2, -0.15) is 11.8 Å². The van der Waals surface area contributed by atoms with Crippen molar-refractivity contribution in [3.05, 3.63) is 29.8 Å². The second kappa shape index (κ2) is 7.42. The summed E-state index contributed by atoms with van der Waals surface area (Å²) in [6, 6.07) is 5.67. The molecule has 0 bridgehead atoms. The minimum Gasteiger partial charge on any atom is -0.469 e. The number of methoxy groups -OCH3 is 1. The quantitative estimate of drug-likeness (QED) is 0.752. The minimum absolute atomic E-state index is 0.210. The molecule has 3 nitrogen and oxygen atoms in total. The molecule has 0 heterocycles. The first-order valence-electron chi connectivity index (χ1n) is 5.82. The maximum absolute atomic E-state index is 12.0. The van der Waals surface area contributed by atoms with E-state index in [1.54, 1.807) is 19.1 Å². The topological polar surface area (TPSA) is 35.5 Å². The van der Waals surface area contributed by atoms with Gasteiger partial charge in [0.1, 0.15) is 5.75 Å². The molecule has 0 aliphatic rings. The van der Waals surface area contributed by atoms with E-state index in [-0.39, 0.29) is 17.6 Å². The largest absolute Gasteiger partial charge is 0.573 e. The van der Waals surface area contributed by atoms with Gasteiger partial charge in [-0.05, 0) is 17.7 Å². The van der Waals surface area contributed by atoms with Crippen LogP contribution in [0.3, 0.4) is 0 Å². The standard InChI is InChI=1S/C13H15F3O3S/c1-9(12(17)18-2)7-20-8-10-3-5-11(6-4-10)19-13(14,15)16/h3-6,9H,7-8H2,1-2H3. The highest BCUT2D eigenvalue weighted by molar-refractivity contribution is 7.98. The van der Waals surface area contributed by atoms with Crippen LogP contribution in [0, 0.1) is 5.92 Å². The van der Waals surface area contributed by atoms with Gasteiger partial charge in [0.05, 0.1) is 13.0 Å². The zero-order chi connectivity index (χ0) is 15.2. The summed E-state index contributed by atoms with van der Waals surface area (Å²) in [5.74, 6) is 0.472. The Balaban J connectivity index is 2.40. The summed E-state index contributed by atoms with van der Waals surface area (Å²) in [5.41, 5.74) is 0.863. The molecule has 1 aromatic rings. The average Bonchev–Trinajstić information content (AvgIpc) is 2.38. The Labute approximate surface area is 119 Å². The molecule has 0 saturated carbocycles. The zero-order valence-electron chi connectivity index (χ0n) is 11.1. The lowest BCUT2D eigenvalue weighted by Crippen LogP contribution is -2.17. The highest BCUT2D eigenvalue weighted by Gasteiger charge is 2.30. The smallest absolute Gasteiger partial charge is 0.469 e. The molecular weight excluding hydrogens is 293 g/mol. The lowest BCUT2D eigenvalue weighted by Gasteiger charge is -2.10. The van der Waals surface area contributed by atoms with Crippen LogP contribution in [0.25, 0.3) is 0 Å². The van der Waals surface area contributed by atoms with Crippen molar-refractivity contribution in [3.63, 3.8) is 0 Å². The highest BCUT2D eigenvalue weighted by atomic mass is 32.2. The number of rotatable bonds is 6. The lowest BCUT2D eigenvalue weighted by molar-refractivity contribution is -0.274. The number of ether oxygens (including phenoxy) is 2. The summed E-state index contributed by atoms with van der Waals surface area (Å²) in [5, 5.41) is 0. The number of alkyl halides is 3. The van der Waals surface area contributed by atoms with Gasteiger partial charge in [-0.15, -0.1) is 13.2 Å².